The third kappa shape index (κ3) is 3.00. The lowest BCUT2D eigenvalue weighted by Crippen LogP contribution is -2.12. The van der Waals surface area contributed by atoms with Gasteiger partial charge in [0.05, 0.1) is 10.2 Å². The standard InChI is InChI=1S/C15H15N3S2/c1-2-16-10-11-6-5-9-17-14(11)20-15-18-12-7-3-4-8-13(12)19-15/h3-9,16H,2,10H2,1H3. The highest BCUT2D eigenvalue weighted by Gasteiger charge is 2.09. The molecule has 3 aromatic rings. The van der Waals surface area contributed by atoms with Crippen molar-refractivity contribution in [3.05, 3.63) is 48.2 Å². The number of aromatic nitrogens is 2. The fraction of sp³-hybridized carbons (Fsp3) is 0.200. The van der Waals surface area contributed by atoms with Crippen molar-refractivity contribution in [2.75, 3.05) is 6.54 Å². The van der Waals surface area contributed by atoms with Crippen LogP contribution in [0.5, 0.6) is 0 Å². The topological polar surface area (TPSA) is 37.8 Å². The number of para-hydroxylation sites is 1. The Bertz CT molecular complexity index is 676. The highest BCUT2D eigenvalue weighted by atomic mass is 32.2. The second-order valence-corrected chi connectivity index (χ2v) is 6.56. The van der Waals surface area contributed by atoms with Crippen molar-refractivity contribution < 1.29 is 0 Å². The number of hydrogen-bond acceptors (Lipinski definition) is 5. The van der Waals surface area contributed by atoms with Crippen molar-refractivity contribution >= 4 is 33.3 Å². The molecule has 0 saturated heterocycles. The summed E-state index contributed by atoms with van der Waals surface area (Å²) in [7, 11) is 0. The predicted molar refractivity (Wildman–Crippen MR) is 85.4 cm³/mol. The van der Waals surface area contributed by atoms with E-state index in [0.717, 1.165) is 28.0 Å². The van der Waals surface area contributed by atoms with Crippen molar-refractivity contribution in [3.63, 3.8) is 0 Å². The molecule has 102 valence electrons. The predicted octanol–water partition coefficient (Wildman–Crippen LogP) is 3.95. The van der Waals surface area contributed by atoms with E-state index in [1.165, 1.54) is 10.3 Å². The normalized spacial score (nSPS) is 11.1. The molecule has 0 bridgehead atoms. The van der Waals surface area contributed by atoms with Crippen molar-refractivity contribution in [1.82, 2.24) is 15.3 Å². The molecule has 0 aliphatic rings. The average Bonchev–Trinajstić information content (AvgIpc) is 2.88. The molecule has 20 heavy (non-hydrogen) atoms. The van der Waals surface area contributed by atoms with E-state index in [0.29, 0.717) is 0 Å². The van der Waals surface area contributed by atoms with E-state index >= 15 is 0 Å². The van der Waals surface area contributed by atoms with Gasteiger partial charge in [0.2, 0.25) is 0 Å². The number of rotatable bonds is 5. The Balaban J connectivity index is 1.86. The van der Waals surface area contributed by atoms with Crippen LogP contribution < -0.4 is 5.32 Å². The van der Waals surface area contributed by atoms with Gasteiger partial charge in [-0.3, -0.25) is 0 Å². The Kier molecular flexibility index (Phi) is 4.30. The molecule has 0 amide bonds. The molecule has 1 N–H and O–H groups in total. The van der Waals surface area contributed by atoms with E-state index in [1.807, 2.05) is 30.5 Å². The lowest BCUT2D eigenvalue weighted by atomic mass is 10.3. The number of thiazole rings is 1. The Morgan fingerprint density at radius 3 is 2.95 bits per heavy atom. The summed E-state index contributed by atoms with van der Waals surface area (Å²) in [5.41, 5.74) is 2.28. The van der Waals surface area contributed by atoms with Crippen LogP contribution in [-0.2, 0) is 6.54 Å². The number of benzene rings is 1. The molecule has 3 nitrogen and oxygen atoms in total. The molecule has 0 unspecified atom stereocenters. The minimum Gasteiger partial charge on any atom is -0.313 e. The summed E-state index contributed by atoms with van der Waals surface area (Å²) in [6.07, 6.45) is 1.84. The van der Waals surface area contributed by atoms with E-state index in [1.54, 1.807) is 23.1 Å². The molecule has 0 spiro atoms. The minimum absolute atomic E-state index is 0.845. The molecule has 0 saturated carbocycles. The molecule has 0 aliphatic carbocycles. The smallest absolute Gasteiger partial charge is 0.157 e. The molecule has 1 aromatic carbocycles. The monoisotopic (exact) mass is 301 g/mol. The van der Waals surface area contributed by atoms with Gasteiger partial charge >= 0.3 is 0 Å². The maximum Gasteiger partial charge on any atom is 0.157 e. The second-order valence-electron chi connectivity index (χ2n) is 4.30. The van der Waals surface area contributed by atoms with Crippen LogP contribution in [0.4, 0.5) is 0 Å². The van der Waals surface area contributed by atoms with E-state index in [4.69, 9.17) is 0 Å². The fourth-order valence-electron chi connectivity index (χ4n) is 1.89. The van der Waals surface area contributed by atoms with Gasteiger partial charge < -0.3 is 5.32 Å². The van der Waals surface area contributed by atoms with Gasteiger partial charge in [-0.2, -0.15) is 0 Å². The van der Waals surface area contributed by atoms with Gasteiger partial charge in [0.15, 0.2) is 4.34 Å². The first-order valence-electron chi connectivity index (χ1n) is 6.55. The molecule has 0 atom stereocenters. The Morgan fingerprint density at radius 2 is 2.10 bits per heavy atom. The molecule has 2 heterocycles. The van der Waals surface area contributed by atoms with Gasteiger partial charge in [0.1, 0.15) is 5.03 Å². The molecule has 0 aliphatic heterocycles. The van der Waals surface area contributed by atoms with Crippen LogP contribution in [0.15, 0.2) is 52.0 Å². The summed E-state index contributed by atoms with van der Waals surface area (Å²) in [6, 6.07) is 12.3. The van der Waals surface area contributed by atoms with Gasteiger partial charge in [0.25, 0.3) is 0 Å². The lowest BCUT2D eigenvalue weighted by Gasteiger charge is -2.06. The number of nitrogens with one attached hydrogen (secondary N) is 1. The number of nitrogens with zero attached hydrogens (tertiary/aromatic N) is 2. The zero-order valence-electron chi connectivity index (χ0n) is 11.2. The van der Waals surface area contributed by atoms with E-state index in [2.05, 4.69) is 34.3 Å². The summed E-state index contributed by atoms with van der Waals surface area (Å²) in [6.45, 7) is 3.91. The van der Waals surface area contributed by atoms with E-state index in [-0.39, 0.29) is 0 Å². The quantitative estimate of drug-likeness (QED) is 0.774. The molecule has 5 heteroatoms. The van der Waals surface area contributed by atoms with Crippen LogP contribution in [-0.4, -0.2) is 16.5 Å². The first-order chi connectivity index (χ1) is 9.86. The fourth-order valence-corrected chi connectivity index (χ4v) is 3.95. The number of pyridine rings is 1. The minimum atomic E-state index is 0.845. The van der Waals surface area contributed by atoms with Gasteiger partial charge in [-0.25, -0.2) is 9.97 Å². The molecule has 2 aromatic heterocycles. The Morgan fingerprint density at radius 1 is 1.20 bits per heavy atom. The van der Waals surface area contributed by atoms with E-state index < -0.39 is 0 Å². The highest BCUT2D eigenvalue weighted by molar-refractivity contribution is 8.01. The number of hydrogen-bond donors (Lipinski definition) is 1. The molecule has 0 fully saturated rings. The van der Waals surface area contributed by atoms with Gasteiger partial charge in [-0.15, -0.1) is 11.3 Å². The maximum atomic E-state index is 4.65. The van der Waals surface area contributed by atoms with Crippen LogP contribution in [0.3, 0.4) is 0 Å². The van der Waals surface area contributed by atoms with Crippen LogP contribution in [0.25, 0.3) is 10.2 Å². The summed E-state index contributed by atoms with van der Waals surface area (Å²) < 4.78 is 2.27. The van der Waals surface area contributed by atoms with Crippen molar-refractivity contribution in [2.45, 2.75) is 22.8 Å². The van der Waals surface area contributed by atoms with Gasteiger partial charge in [0, 0.05) is 12.7 Å². The SMILES string of the molecule is CCNCc1cccnc1Sc1nc2ccccc2s1. The number of fused-ring (bicyclic) bond motifs is 1. The largest absolute Gasteiger partial charge is 0.313 e. The van der Waals surface area contributed by atoms with Crippen LogP contribution in [0.1, 0.15) is 12.5 Å². The average molecular weight is 301 g/mol. The Labute approximate surface area is 126 Å². The molecule has 3 rings (SSSR count). The zero-order chi connectivity index (χ0) is 13.8. The molecular formula is C15H15N3S2. The van der Waals surface area contributed by atoms with Crippen LogP contribution in [0, 0.1) is 0 Å². The third-order valence-corrected chi connectivity index (χ3v) is 5.03. The summed E-state index contributed by atoms with van der Waals surface area (Å²) in [4.78, 5) is 9.14. The molecular weight excluding hydrogens is 286 g/mol. The van der Waals surface area contributed by atoms with Crippen LogP contribution >= 0.6 is 23.1 Å². The summed E-state index contributed by atoms with van der Waals surface area (Å²) in [5.74, 6) is 0. The third-order valence-electron chi connectivity index (χ3n) is 2.87. The lowest BCUT2D eigenvalue weighted by molar-refractivity contribution is 0.711. The van der Waals surface area contributed by atoms with Crippen LogP contribution in [0.2, 0.25) is 0 Å². The first kappa shape index (κ1) is 13.5. The zero-order valence-corrected chi connectivity index (χ0v) is 12.8. The highest BCUT2D eigenvalue weighted by Crippen LogP contribution is 2.34. The first-order valence-corrected chi connectivity index (χ1v) is 8.18. The second kappa shape index (κ2) is 6.35. The van der Waals surface area contributed by atoms with Gasteiger partial charge in [-0.1, -0.05) is 25.1 Å². The van der Waals surface area contributed by atoms with Gasteiger partial charge in [-0.05, 0) is 42.1 Å². The van der Waals surface area contributed by atoms with E-state index in [9.17, 15) is 0 Å². The summed E-state index contributed by atoms with van der Waals surface area (Å²) >= 11 is 3.36. The summed E-state index contributed by atoms with van der Waals surface area (Å²) in [5, 5.41) is 4.38. The van der Waals surface area contributed by atoms with Crippen molar-refractivity contribution in [2.24, 2.45) is 0 Å². The van der Waals surface area contributed by atoms with Crippen molar-refractivity contribution in [3.8, 4) is 0 Å². The molecule has 0 radical (unpaired) electrons. The maximum absolute atomic E-state index is 4.65. The Hall–Kier alpha value is -1.43. The van der Waals surface area contributed by atoms with Crippen molar-refractivity contribution in [1.29, 1.82) is 0 Å².